The van der Waals surface area contributed by atoms with Crippen LogP contribution in [0.1, 0.15) is 30.2 Å². The molecule has 1 heterocycles. The zero-order valence-electron chi connectivity index (χ0n) is 11.8. The fourth-order valence-electron chi connectivity index (χ4n) is 1.92. The third kappa shape index (κ3) is 4.46. The van der Waals surface area contributed by atoms with Crippen molar-refractivity contribution in [3.8, 4) is 0 Å². The predicted molar refractivity (Wildman–Crippen MR) is 85.9 cm³/mol. The molecule has 0 bridgehead atoms. The predicted octanol–water partition coefficient (Wildman–Crippen LogP) is 2.30. The Hall–Kier alpha value is -2.08. The molecule has 1 aromatic heterocycles. The molecule has 0 saturated carbocycles. The van der Waals surface area contributed by atoms with Crippen LogP contribution in [0.3, 0.4) is 0 Å². The third-order valence-corrected chi connectivity index (χ3v) is 3.84. The Balaban J connectivity index is 2.11. The molecule has 5 nitrogen and oxygen atoms in total. The summed E-state index contributed by atoms with van der Waals surface area (Å²) in [5, 5.41) is 8.07. The monoisotopic (exact) mass is 302 g/mol. The van der Waals surface area contributed by atoms with Crippen LogP contribution >= 0.6 is 11.8 Å². The van der Waals surface area contributed by atoms with Gasteiger partial charge in [0, 0.05) is 23.1 Å². The standard InChI is InChI=1S/C15H18N4OS/c1-2-4-12-8-13(20)19-15(18-12)21-9-10-5-3-6-11(7-10)14(16)17/h3,5-8H,2,4,9H2,1H3,(H3,16,17)(H,18,19,20). The van der Waals surface area contributed by atoms with Gasteiger partial charge >= 0.3 is 0 Å². The van der Waals surface area contributed by atoms with Crippen LogP contribution in [0.5, 0.6) is 0 Å². The molecule has 0 aliphatic heterocycles. The van der Waals surface area contributed by atoms with Crippen molar-refractivity contribution in [2.24, 2.45) is 5.73 Å². The van der Waals surface area contributed by atoms with Crippen LogP contribution in [0.4, 0.5) is 0 Å². The lowest BCUT2D eigenvalue weighted by atomic mass is 10.1. The van der Waals surface area contributed by atoms with Gasteiger partial charge in [-0.1, -0.05) is 43.3 Å². The zero-order valence-corrected chi connectivity index (χ0v) is 12.7. The molecule has 0 saturated heterocycles. The maximum atomic E-state index is 11.6. The van der Waals surface area contributed by atoms with Crippen molar-refractivity contribution in [1.82, 2.24) is 9.97 Å². The van der Waals surface area contributed by atoms with E-state index in [1.807, 2.05) is 18.2 Å². The number of amidine groups is 1. The molecule has 2 aromatic rings. The Morgan fingerprint density at radius 3 is 2.95 bits per heavy atom. The van der Waals surface area contributed by atoms with Gasteiger partial charge in [0.15, 0.2) is 5.16 Å². The molecule has 110 valence electrons. The average Bonchev–Trinajstić information content (AvgIpc) is 2.45. The minimum Gasteiger partial charge on any atom is -0.384 e. The Morgan fingerprint density at radius 1 is 1.43 bits per heavy atom. The first-order valence-electron chi connectivity index (χ1n) is 6.75. The lowest BCUT2D eigenvalue weighted by Gasteiger charge is -2.05. The van der Waals surface area contributed by atoms with Crippen LogP contribution in [0, 0.1) is 5.41 Å². The number of aromatic nitrogens is 2. The van der Waals surface area contributed by atoms with Gasteiger partial charge in [0.05, 0.1) is 0 Å². The summed E-state index contributed by atoms with van der Waals surface area (Å²) in [7, 11) is 0. The van der Waals surface area contributed by atoms with E-state index in [0.29, 0.717) is 16.5 Å². The van der Waals surface area contributed by atoms with Crippen LogP contribution in [0.25, 0.3) is 0 Å². The van der Waals surface area contributed by atoms with Crippen molar-refractivity contribution >= 4 is 17.6 Å². The number of aryl methyl sites for hydroxylation is 1. The molecule has 4 N–H and O–H groups in total. The highest BCUT2D eigenvalue weighted by molar-refractivity contribution is 7.98. The lowest BCUT2D eigenvalue weighted by Crippen LogP contribution is -2.11. The molecule has 0 fully saturated rings. The van der Waals surface area contributed by atoms with Gasteiger partial charge in [0.25, 0.3) is 5.56 Å². The molecule has 0 aliphatic rings. The normalized spacial score (nSPS) is 10.5. The molecule has 2 rings (SSSR count). The molecule has 0 amide bonds. The summed E-state index contributed by atoms with van der Waals surface area (Å²) in [6.45, 7) is 2.06. The second-order valence-electron chi connectivity index (χ2n) is 4.69. The van der Waals surface area contributed by atoms with Gasteiger partial charge in [-0.25, -0.2) is 4.98 Å². The molecule has 21 heavy (non-hydrogen) atoms. The minimum atomic E-state index is -0.117. The van der Waals surface area contributed by atoms with Crippen LogP contribution in [-0.2, 0) is 12.2 Å². The topological polar surface area (TPSA) is 95.6 Å². The van der Waals surface area contributed by atoms with E-state index in [-0.39, 0.29) is 11.4 Å². The molecule has 1 aromatic carbocycles. The van der Waals surface area contributed by atoms with Gasteiger partial charge in [0.1, 0.15) is 5.84 Å². The van der Waals surface area contributed by atoms with E-state index in [9.17, 15) is 4.79 Å². The second-order valence-corrected chi connectivity index (χ2v) is 5.66. The van der Waals surface area contributed by atoms with Gasteiger partial charge < -0.3 is 10.7 Å². The molecular formula is C15H18N4OS. The number of H-pyrrole nitrogens is 1. The highest BCUT2D eigenvalue weighted by atomic mass is 32.2. The van der Waals surface area contributed by atoms with Crippen LogP contribution in [-0.4, -0.2) is 15.8 Å². The van der Waals surface area contributed by atoms with Gasteiger partial charge in [0.2, 0.25) is 0 Å². The SMILES string of the molecule is CCCc1cc(=O)[nH]c(SCc2cccc(C(=N)N)c2)n1. The first kappa shape index (κ1) is 15.3. The van der Waals surface area contributed by atoms with Crippen LogP contribution < -0.4 is 11.3 Å². The zero-order chi connectivity index (χ0) is 15.2. The van der Waals surface area contributed by atoms with Gasteiger partial charge in [-0.2, -0.15) is 0 Å². The molecule has 0 spiro atoms. The number of benzene rings is 1. The van der Waals surface area contributed by atoms with E-state index in [2.05, 4.69) is 16.9 Å². The van der Waals surface area contributed by atoms with Crippen molar-refractivity contribution in [3.05, 3.63) is 57.5 Å². The maximum Gasteiger partial charge on any atom is 0.251 e. The van der Waals surface area contributed by atoms with Crippen molar-refractivity contribution in [2.45, 2.75) is 30.7 Å². The quantitative estimate of drug-likeness (QED) is 0.330. The summed E-state index contributed by atoms with van der Waals surface area (Å²) in [4.78, 5) is 18.8. The number of hydrogen-bond donors (Lipinski definition) is 3. The third-order valence-electron chi connectivity index (χ3n) is 2.89. The number of aromatic amines is 1. The Kier molecular flexibility index (Phi) is 5.16. The highest BCUT2D eigenvalue weighted by Gasteiger charge is 2.04. The lowest BCUT2D eigenvalue weighted by molar-refractivity contribution is 0.816. The molecule has 0 atom stereocenters. The number of nitrogens with zero attached hydrogens (tertiary/aromatic N) is 1. The number of rotatable bonds is 6. The van der Waals surface area contributed by atoms with Crippen LogP contribution in [0.2, 0.25) is 0 Å². The number of nitrogens with two attached hydrogens (primary N) is 1. The Morgan fingerprint density at radius 2 is 2.24 bits per heavy atom. The summed E-state index contributed by atoms with van der Waals surface area (Å²) in [6, 6.07) is 9.06. The van der Waals surface area contributed by atoms with Crippen molar-refractivity contribution in [3.63, 3.8) is 0 Å². The number of thioether (sulfide) groups is 1. The number of nitrogen functional groups attached to an aromatic ring is 1. The molecule has 0 radical (unpaired) electrons. The molecule has 0 unspecified atom stereocenters. The van der Waals surface area contributed by atoms with Gasteiger partial charge in [-0.15, -0.1) is 0 Å². The minimum absolute atomic E-state index is 0.0540. The molecular weight excluding hydrogens is 284 g/mol. The fraction of sp³-hybridized carbons (Fsp3) is 0.267. The second kappa shape index (κ2) is 7.08. The highest BCUT2D eigenvalue weighted by Crippen LogP contribution is 2.19. The maximum absolute atomic E-state index is 11.6. The smallest absolute Gasteiger partial charge is 0.251 e. The van der Waals surface area contributed by atoms with E-state index in [4.69, 9.17) is 11.1 Å². The first-order valence-corrected chi connectivity index (χ1v) is 7.73. The average molecular weight is 302 g/mol. The summed E-state index contributed by atoms with van der Waals surface area (Å²) >= 11 is 1.47. The van der Waals surface area contributed by atoms with Crippen molar-refractivity contribution in [2.75, 3.05) is 0 Å². The van der Waals surface area contributed by atoms with Crippen molar-refractivity contribution in [1.29, 1.82) is 5.41 Å². The molecule has 0 aliphatic carbocycles. The van der Waals surface area contributed by atoms with Crippen LogP contribution in [0.15, 0.2) is 40.3 Å². The van der Waals surface area contributed by atoms with E-state index < -0.39 is 0 Å². The van der Waals surface area contributed by atoms with E-state index in [0.717, 1.165) is 24.1 Å². The van der Waals surface area contributed by atoms with Gasteiger partial charge in [-0.05, 0) is 18.1 Å². The largest absolute Gasteiger partial charge is 0.384 e. The fourth-order valence-corrected chi connectivity index (χ4v) is 2.75. The van der Waals surface area contributed by atoms with Crippen molar-refractivity contribution < 1.29 is 0 Å². The Bertz CT molecular complexity index is 696. The Labute approximate surface area is 127 Å². The number of nitrogens with one attached hydrogen (secondary N) is 2. The summed E-state index contributed by atoms with van der Waals surface area (Å²) in [5.41, 5.74) is 7.92. The van der Waals surface area contributed by atoms with Gasteiger partial charge in [-0.3, -0.25) is 10.2 Å². The molecule has 6 heteroatoms. The summed E-state index contributed by atoms with van der Waals surface area (Å²) in [6.07, 6.45) is 1.76. The summed E-state index contributed by atoms with van der Waals surface area (Å²) in [5.74, 6) is 0.720. The number of hydrogen-bond acceptors (Lipinski definition) is 4. The van der Waals surface area contributed by atoms with E-state index in [1.54, 1.807) is 12.1 Å². The van der Waals surface area contributed by atoms with E-state index in [1.165, 1.54) is 11.8 Å². The summed E-state index contributed by atoms with van der Waals surface area (Å²) < 4.78 is 0. The first-order chi connectivity index (χ1) is 10.1. The van der Waals surface area contributed by atoms with E-state index >= 15 is 0 Å².